The molecule has 0 bridgehead atoms. The van der Waals surface area contributed by atoms with Gasteiger partial charge in [0.05, 0.1) is 28.6 Å². The average Bonchev–Trinajstić information content (AvgIpc) is 2.85. The number of aryl methyl sites for hydroxylation is 1. The molecule has 36 heavy (non-hydrogen) atoms. The van der Waals surface area contributed by atoms with Crippen LogP contribution in [0.4, 0.5) is 10.5 Å². The Kier molecular flexibility index (Phi) is 7.55. The summed E-state index contributed by atoms with van der Waals surface area (Å²) < 4.78 is 43.7. The molecule has 4 aromatic rings. The molecule has 0 aliphatic carbocycles. The van der Waals surface area contributed by atoms with Gasteiger partial charge in [-0.15, -0.1) is 0 Å². The molecule has 0 saturated carbocycles. The Bertz CT molecular complexity index is 1510. The maximum Gasteiger partial charge on any atom is 0.513 e. The van der Waals surface area contributed by atoms with Crippen LogP contribution in [0.2, 0.25) is 0 Å². The first-order chi connectivity index (χ1) is 17.3. The molecular formula is C26H23NO8S. The Morgan fingerprint density at radius 1 is 0.944 bits per heavy atom. The number of carbonyl (C=O) groups is 1. The first kappa shape index (κ1) is 24.8. The summed E-state index contributed by atoms with van der Waals surface area (Å²) in [5.74, 6) is -0.0304. The van der Waals surface area contributed by atoms with Gasteiger partial charge in [-0.3, -0.25) is 9.52 Å². The second-order valence-electron chi connectivity index (χ2n) is 7.85. The van der Waals surface area contributed by atoms with E-state index >= 15 is 0 Å². The van der Waals surface area contributed by atoms with Gasteiger partial charge in [0.2, 0.25) is 0 Å². The maximum absolute atomic E-state index is 12.9. The summed E-state index contributed by atoms with van der Waals surface area (Å²) in [6.07, 6.45) is 1.12. The molecule has 3 aromatic carbocycles. The van der Waals surface area contributed by atoms with E-state index in [1.165, 1.54) is 35.9 Å². The zero-order chi connectivity index (χ0) is 25.5. The quantitative estimate of drug-likeness (QED) is 0.224. The number of hydrogen-bond acceptors (Lipinski definition) is 7. The smallest absolute Gasteiger partial charge is 0.494 e. The van der Waals surface area contributed by atoms with Crippen molar-refractivity contribution in [2.24, 2.45) is 0 Å². The Balaban J connectivity index is 1.41. The van der Waals surface area contributed by atoms with E-state index in [2.05, 4.69) is 21.6 Å². The Hall–Kier alpha value is -4.31. The number of para-hydroxylation sites is 1. The molecule has 1 heterocycles. The lowest BCUT2D eigenvalue weighted by Crippen LogP contribution is -2.14. The van der Waals surface area contributed by atoms with E-state index in [0.717, 1.165) is 25.3 Å². The predicted molar refractivity (Wildman–Crippen MR) is 133 cm³/mol. The highest BCUT2D eigenvalue weighted by molar-refractivity contribution is 7.92. The number of hydrogen-bond donors (Lipinski definition) is 2. The number of carboxylic acid groups (broad SMARTS) is 1. The molecule has 2 N–H and O–H groups in total. The molecule has 0 saturated heterocycles. The lowest BCUT2D eigenvalue weighted by atomic mass is 10.1. The van der Waals surface area contributed by atoms with Crippen molar-refractivity contribution in [3.8, 4) is 11.7 Å². The molecular weight excluding hydrogens is 486 g/mol. The van der Waals surface area contributed by atoms with Crippen LogP contribution in [-0.4, -0.2) is 26.3 Å². The van der Waals surface area contributed by atoms with Crippen LogP contribution in [-0.2, 0) is 16.4 Å². The first-order valence-corrected chi connectivity index (χ1v) is 12.6. The lowest BCUT2D eigenvalue weighted by Gasteiger charge is -2.11. The van der Waals surface area contributed by atoms with Gasteiger partial charge in [-0.2, -0.15) is 0 Å². The van der Waals surface area contributed by atoms with E-state index in [0.29, 0.717) is 12.4 Å². The van der Waals surface area contributed by atoms with Gasteiger partial charge in [-0.25, -0.2) is 13.2 Å². The SMILES string of the molecule is O=C(O)Oc1cc(=O)c2cccc(NS(=O)(=O)c3ccc(OCCCCc4ccccc4)cc3)c2o1. The predicted octanol–water partition coefficient (Wildman–Crippen LogP) is 5.05. The number of nitrogens with one attached hydrogen (secondary N) is 1. The van der Waals surface area contributed by atoms with Gasteiger partial charge in [0.25, 0.3) is 16.0 Å². The van der Waals surface area contributed by atoms with Crippen LogP contribution < -0.4 is 19.6 Å². The van der Waals surface area contributed by atoms with Crippen LogP contribution in [0.5, 0.6) is 11.7 Å². The van der Waals surface area contributed by atoms with E-state index in [1.54, 1.807) is 12.1 Å². The molecule has 0 aliphatic heterocycles. The molecule has 10 heteroatoms. The number of unbranched alkanes of at least 4 members (excludes halogenated alkanes) is 1. The van der Waals surface area contributed by atoms with E-state index in [-0.39, 0.29) is 21.6 Å². The summed E-state index contributed by atoms with van der Waals surface area (Å²) in [5, 5.41) is 8.84. The van der Waals surface area contributed by atoms with Crippen molar-refractivity contribution >= 4 is 32.8 Å². The summed E-state index contributed by atoms with van der Waals surface area (Å²) >= 11 is 0. The van der Waals surface area contributed by atoms with Crippen LogP contribution in [0.3, 0.4) is 0 Å². The molecule has 0 fully saturated rings. The highest BCUT2D eigenvalue weighted by Crippen LogP contribution is 2.28. The minimum atomic E-state index is -4.05. The molecule has 0 amide bonds. The summed E-state index contributed by atoms with van der Waals surface area (Å²) in [6, 6.07) is 21.3. The largest absolute Gasteiger partial charge is 0.513 e. The summed E-state index contributed by atoms with van der Waals surface area (Å²) in [7, 11) is -4.05. The van der Waals surface area contributed by atoms with Crippen molar-refractivity contribution < 1.29 is 32.2 Å². The van der Waals surface area contributed by atoms with Crippen LogP contribution in [0.15, 0.2) is 93.0 Å². The molecule has 0 aliphatic rings. The number of fused-ring (bicyclic) bond motifs is 1. The number of rotatable bonds is 10. The highest BCUT2D eigenvalue weighted by Gasteiger charge is 2.18. The van der Waals surface area contributed by atoms with Crippen LogP contribution in [0.25, 0.3) is 11.0 Å². The van der Waals surface area contributed by atoms with Gasteiger partial charge >= 0.3 is 6.16 Å². The zero-order valence-electron chi connectivity index (χ0n) is 19.0. The second kappa shape index (κ2) is 11.0. The highest BCUT2D eigenvalue weighted by atomic mass is 32.2. The fourth-order valence-corrected chi connectivity index (χ4v) is 4.62. The van der Waals surface area contributed by atoms with E-state index < -0.39 is 27.6 Å². The van der Waals surface area contributed by atoms with Crippen molar-refractivity contribution in [2.75, 3.05) is 11.3 Å². The van der Waals surface area contributed by atoms with Crippen molar-refractivity contribution in [1.29, 1.82) is 0 Å². The van der Waals surface area contributed by atoms with Crippen molar-refractivity contribution in [3.63, 3.8) is 0 Å². The topological polar surface area (TPSA) is 132 Å². The fourth-order valence-electron chi connectivity index (χ4n) is 3.56. The van der Waals surface area contributed by atoms with Crippen molar-refractivity contribution in [2.45, 2.75) is 24.2 Å². The van der Waals surface area contributed by atoms with Gasteiger partial charge in [0, 0.05) is 0 Å². The summed E-state index contributed by atoms with van der Waals surface area (Å²) in [4.78, 5) is 23.0. The van der Waals surface area contributed by atoms with Gasteiger partial charge in [0.15, 0.2) is 11.0 Å². The third kappa shape index (κ3) is 6.22. The number of ether oxygens (including phenoxy) is 2. The van der Waals surface area contributed by atoms with E-state index in [4.69, 9.17) is 14.3 Å². The fraction of sp³-hybridized carbons (Fsp3) is 0.154. The van der Waals surface area contributed by atoms with Crippen molar-refractivity contribution in [1.82, 2.24) is 0 Å². The van der Waals surface area contributed by atoms with Gasteiger partial charge < -0.3 is 19.0 Å². The molecule has 0 atom stereocenters. The Labute approximate surface area is 207 Å². The minimum Gasteiger partial charge on any atom is -0.494 e. The van der Waals surface area contributed by atoms with Crippen LogP contribution in [0.1, 0.15) is 18.4 Å². The normalized spacial score (nSPS) is 11.2. The first-order valence-electron chi connectivity index (χ1n) is 11.1. The zero-order valence-corrected chi connectivity index (χ0v) is 19.9. The molecule has 186 valence electrons. The summed E-state index contributed by atoms with van der Waals surface area (Å²) in [5.41, 5.74) is 0.494. The monoisotopic (exact) mass is 509 g/mol. The lowest BCUT2D eigenvalue weighted by molar-refractivity contribution is 0.133. The van der Waals surface area contributed by atoms with E-state index in [9.17, 15) is 18.0 Å². The van der Waals surface area contributed by atoms with E-state index in [1.807, 2.05) is 18.2 Å². The summed E-state index contributed by atoms with van der Waals surface area (Å²) in [6.45, 7) is 0.507. The average molecular weight is 510 g/mol. The minimum absolute atomic E-state index is 0.0313. The molecule has 1 aromatic heterocycles. The molecule has 9 nitrogen and oxygen atoms in total. The van der Waals surface area contributed by atoms with Crippen molar-refractivity contribution in [3.05, 3.63) is 94.6 Å². The molecule has 0 unspecified atom stereocenters. The Morgan fingerprint density at radius 3 is 2.42 bits per heavy atom. The van der Waals surface area contributed by atoms with Crippen LogP contribution in [0, 0.1) is 0 Å². The van der Waals surface area contributed by atoms with Crippen LogP contribution >= 0.6 is 0 Å². The molecule has 0 spiro atoms. The number of benzene rings is 3. The third-order valence-electron chi connectivity index (χ3n) is 5.27. The molecule has 0 radical (unpaired) electrons. The Morgan fingerprint density at radius 2 is 1.69 bits per heavy atom. The van der Waals surface area contributed by atoms with Gasteiger partial charge in [-0.05, 0) is 61.2 Å². The molecule has 4 rings (SSSR count). The standard InChI is InChI=1S/C26H23NO8S/c28-23-17-24(35-26(29)30)34-25-21(23)10-6-11-22(25)27-36(31,32)20-14-12-19(13-15-20)33-16-5-4-9-18-7-2-1-3-8-18/h1-3,6-8,10-15,17,27H,4-5,9,16H2,(H,29,30). The number of anilines is 1. The maximum atomic E-state index is 12.9. The second-order valence-corrected chi connectivity index (χ2v) is 9.53. The van der Waals surface area contributed by atoms with Gasteiger partial charge in [-0.1, -0.05) is 36.4 Å². The van der Waals surface area contributed by atoms with Gasteiger partial charge in [0.1, 0.15) is 5.75 Å². The third-order valence-corrected chi connectivity index (χ3v) is 6.65. The number of sulfonamides is 1.